The van der Waals surface area contributed by atoms with Gasteiger partial charge in [-0.15, -0.1) is 12.4 Å². The molecule has 1 aliphatic rings. The number of carbonyl (C=O) groups excluding carboxylic acids is 2. The summed E-state index contributed by atoms with van der Waals surface area (Å²) in [5, 5.41) is 5.80. The predicted molar refractivity (Wildman–Crippen MR) is 95.0 cm³/mol. The average Bonchev–Trinajstić information content (AvgIpc) is 3.24. The minimum atomic E-state index is -0.909. The number of nitrogens with two attached hydrogens (primary N) is 1. The highest BCUT2D eigenvalue weighted by Gasteiger charge is 2.28. The first-order valence-electron chi connectivity index (χ1n) is 7.85. The molecule has 0 bridgehead atoms. The maximum Gasteiger partial charge on any atom is 0.251 e. The molecule has 1 atom stereocenters. The lowest BCUT2D eigenvalue weighted by molar-refractivity contribution is -0.120. The Morgan fingerprint density at radius 3 is 2.57 bits per heavy atom. The van der Waals surface area contributed by atoms with Crippen molar-refractivity contribution in [3.63, 3.8) is 0 Å². The van der Waals surface area contributed by atoms with Crippen molar-refractivity contribution in [2.75, 3.05) is 5.32 Å². The Morgan fingerprint density at radius 1 is 1.35 bits per heavy atom. The van der Waals surface area contributed by atoms with Crippen molar-refractivity contribution in [2.45, 2.75) is 58.0 Å². The molecular formula is C17H26ClN3O2. The molecule has 0 radical (unpaired) electrons. The molecule has 1 saturated carbocycles. The summed E-state index contributed by atoms with van der Waals surface area (Å²) in [4.78, 5) is 24.4. The van der Waals surface area contributed by atoms with Gasteiger partial charge in [-0.05, 0) is 50.8 Å². The molecule has 4 N–H and O–H groups in total. The lowest BCUT2D eigenvalue weighted by atomic mass is 9.96. The van der Waals surface area contributed by atoms with E-state index in [0.29, 0.717) is 23.7 Å². The molecule has 2 amide bonds. The summed E-state index contributed by atoms with van der Waals surface area (Å²) < 4.78 is 0. The average molecular weight is 340 g/mol. The van der Waals surface area contributed by atoms with Crippen LogP contribution in [0.25, 0.3) is 0 Å². The number of hydrogen-bond acceptors (Lipinski definition) is 3. The number of anilines is 1. The van der Waals surface area contributed by atoms with E-state index in [1.165, 1.54) is 0 Å². The lowest BCUT2D eigenvalue weighted by Crippen LogP contribution is -2.48. The Kier molecular flexibility index (Phi) is 6.59. The molecule has 0 heterocycles. The number of halogens is 1. The van der Waals surface area contributed by atoms with Gasteiger partial charge in [0.2, 0.25) is 5.91 Å². The second-order valence-corrected chi connectivity index (χ2v) is 6.40. The topological polar surface area (TPSA) is 84.2 Å². The smallest absolute Gasteiger partial charge is 0.251 e. The highest BCUT2D eigenvalue weighted by Crippen LogP contribution is 2.22. The molecule has 23 heavy (non-hydrogen) atoms. The largest absolute Gasteiger partial charge is 0.349 e. The van der Waals surface area contributed by atoms with Crippen LogP contribution in [0.4, 0.5) is 5.69 Å². The van der Waals surface area contributed by atoms with Crippen LogP contribution in [-0.2, 0) is 4.79 Å². The van der Waals surface area contributed by atoms with Crippen LogP contribution in [0.15, 0.2) is 18.2 Å². The maximum atomic E-state index is 12.3. The summed E-state index contributed by atoms with van der Waals surface area (Å²) in [6.45, 7) is 5.61. The van der Waals surface area contributed by atoms with Crippen molar-refractivity contribution in [2.24, 2.45) is 5.73 Å². The van der Waals surface area contributed by atoms with Crippen LogP contribution in [0.5, 0.6) is 0 Å². The Hall–Kier alpha value is -1.59. The summed E-state index contributed by atoms with van der Waals surface area (Å²) in [5.74, 6) is -0.320. The van der Waals surface area contributed by atoms with E-state index in [1.807, 2.05) is 19.9 Å². The summed E-state index contributed by atoms with van der Waals surface area (Å²) in [5.41, 5.74) is 7.24. The van der Waals surface area contributed by atoms with E-state index in [2.05, 4.69) is 10.6 Å². The number of amides is 2. The molecule has 0 saturated heterocycles. The number of rotatable bonds is 6. The van der Waals surface area contributed by atoms with E-state index in [4.69, 9.17) is 5.73 Å². The number of benzene rings is 1. The quantitative estimate of drug-likeness (QED) is 0.745. The zero-order valence-electron chi connectivity index (χ0n) is 13.9. The number of aryl methyl sites for hydroxylation is 1. The summed E-state index contributed by atoms with van der Waals surface area (Å²) in [6.07, 6.45) is 3.54. The first-order valence-corrected chi connectivity index (χ1v) is 7.85. The molecule has 0 aliphatic heterocycles. The second-order valence-electron chi connectivity index (χ2n) is 6.40. The van der Waals surface area contributed by atoms with Gasteiger partial charge in [0.1, 0.15) is 0 Å². The van der Waals surface area contributed by atoms with Crippen molar-refractivity contribution >= 4 is 29.9 Å². The Labute approximate surface area is 143 Å². The van der Waals surface area contributed by atoms with Gasteiger partial charge < -0.3 is 16.4 Å². The summed E-state index contributed by atoms with van der Waals surface area (Å²) in [7, 11) is 0. The molecule has 6 heteroatoms. The molecule has 1 unspecified atom stereocenters. The molecule has 128 valence electrons. The van der Waals surface area contributed by atoms with Crippen molar-refractivity contribution in [3.05, 3.63) is 29.3 Å². The number of nitrogens with one attached hydrogen (secondary N) is 2. The molecule has 5 nitrogen and oxygen atoms in total. The van der Waals surface area contributed by atoms with Gasteiger partial charge in [-0.2, -0.15) is 0 Å². The van der Waals surface area contributed by atoms with Crippen LogP contribution in [0.1, 0.15) is 55.5 Å². The van der Waals surface area contributed by atoms with Crippen LogP contribution in [-0.4, -0.2) is 23.4 Å². The standard InChI is InChI=1S/C17H25N3O2.ClH/c1-4-9-17(3,18)16(22)20-14-10-12(6-5-11(14)2)15(21)19-13-7-8-13;/h5-6,10,13H,4,7-9,18H2,1-3H3,(H,19,21)(H,20,22);1H. The van der Waals surface area contributed by atoms with E-state index in [0.717, 1.165) is 24.8 Å². The van der Waals surface area contributed by atoms with E-state index in [1.54, 1.807) is 19.1 Å². The third-order valence-electron chi connectivity index (χ3n) is 3.95. The van der Waals surface area contributed by atoms with E-state index in [9.17, 15) is 9.59 Å². The van der Waals surface area contributed by atoms with Crippen LogP contribution in [0, 0.1) is 6.92 Å². The minimum Gasteiger partial charge on any atom is -0.349 e. The van der Waals surface area contributed by atoms with Gasteiger partial charge in [0.05, 0.1) is 5.54 Å². The molecule has 0 spiro atoms. The molecule has 1 fully saturated rings. The molecule has 1 aromatic carbocycles. The van der Waals surface area contributed by atoms with E-state index < -0.39 is 5.54 Å². The zero-order valence-corrected chi connectivity index (χ0v) is 14.8. The van der Waals surface area contributed by atoms with Gasteiger partial charge in [0, 0.05) is 17.3 Å². The monoisotopic (exact) mass is 339 g/mol. The molecular weight excluding hydrogens is 314 g/mol. The van der Waals surface area contributed by atoms with Crippen LogP contribution in [0.3, 0.4) is 0 Å². The summed E-state index contributed by atoms with van der Waals surface area (Å²) in [6, 6.07) is 5.64. The Balaban J connectivity index is 0.00000264. The number of hydrogen-bond donors (Lipinski definition) is 3. The fourth-order valence-corrected chi connectivity index (χ4v) is 2.29. The molecule has 1 aliphatic carbocycles. The maximum absolute atomic E-state index is 12.3. The van der Waals surface area contributed by atoms with Crippen molar-refractivity contribution < 1.29 is 9.59 Å². The van der Waals surface area contributed by atoms with Crippen LogP contribution >= 0.6 is 12.4 Å². The normalized spacial score (nSPS) is 16.0. The second kappa shape index (κ2) is 7.79. The van der Waals surface area contributed by atoms with Gasteiger partial charge >= 0.3 is 0 Å². The van der Waals surface area contributed by atoms with Crippen LogP contribution in [0.2, 0.25) is 0 Å². The third kappa shape index (κ3) is 5.22. The van der Waals surface area contributed by atoms with Gasteiger partial charge in [-0.25, -0.2) is 0 Å². The number of carbonyl (C=O) groups is 2. The SMILES string of the molecule is CCCC(C)(N)C(=O)Nc1cc(C(=O)NC2CC2)ccc1C.Cl. The fourth-order valence-electron chi connectivity index (χ4n) is 2.29. The lowest BCUT2D eigenvalue weighted by Gasteiger charge is -2.23. The molecule has 0 aromatic heterocycles. The van der Waals surface area contributed by atoms with Crippen LogP contribution < -0.4 is 16.4 Å². The Bertz CT molecular complexity index is 583. The Morgan fingerprint density at radius 2 is 2.00 bits per heavy atom. The first-order chi connectivity index (χ1) is 10.3. The zero-order chi connectivity index (χ0) is 16.3. The van der Waals surface area contributed by atoms with Gasteiger partial charge in [-0.1, -0.05) is 19.4 Å². The van der Waals surface area contributed by atoms with E-state index in [-0.39, 0.29) is 24.2 Å². The van der Waals surface area contributed by atoms with Crippen molar-refractivity contribution in [1.82, 2.24) is 5.32 Å². The van der Waals surface area contributed by atoms with E-state index >= 15 is 0 Å². The highest BCUT2D eigenvalue weighted by atomic mass is 35.5. The fraction of sp³-hybridized carbons (Fsp3) is 0.529. The van der Waals surface area contributed by atoms with Gasteiger partial charge in [0.15, 0.2) is 0 Å². The highest BCUT2D eigenvalue weighted by molar-refractivity contribution is 6.00. The summed E-state index contributed by atoms with van der Waals surface area (Å²) >= 11 is 0. The van der Waals surface area contributed by atoms with Crippen molar-refractivity contribution in [1.29, 1.82) is 0 Å². The van der Waals surface area contributed by atoms with Crippen molar-refractivity contribution in [3.8, 4) is 0 Å². The van der Waals surface area contributed by atoms with Gasteiger partial charge in [0.25, 0.3) is 5.91 Å². The molecule has 1 aromatic rings. The van der Waals surface area contributed by atoms with Gasteiger partial charge in [-0.3, -0.25) is 9.59 Å². The molecule has 2 rings (SSSR count). The third-order valence-corrected chi connectivity index (χ3v) is 3.95. The predicted octanol–water partition coefficient (Wildman–Crippen LogP) is 2.77. The first kappa shape index (κ1) is 19.5. The minimum absolute atomic E-state index is 0.